The number of amides is 1. The van der Waals surface area contributed by atoms with Crippen LogP contribution >= 0.6 is 23.1 Å². The molecule has 4 bridgehead atoms. The van der Waals surface area contributed by atoms with E-state index in [0.717, 1.165) is 17.8 Å². The molecule has 4 aliphatic carbocycles. The maximum Gasteiger partial charge on any atom is 0.233 e. The highest BCUT2D eigenvalue weighted by atomic mass is 32.2. The summed E-state index contributed by atoms with van der Waals surface area (Å²) in [5, 5.41) is 5.26. The third kappa shape index (κ3) is 2.96. The van der Waals surface area contributed by atoms with Crippen LogP contribution in [0.2, 0.25) is 0 Å². The summed E-state index contributed by atoms with van der Waals surface area (Å²) in [6, 6.07) is 4.13. The summed E-state index contributed by atoms with van der Waals surface area (Å²) in [5.41, 5.74) is 0. The van der Waals surface area contributed by atoms with Crippen LogP contribution in [0.15, 0.2) is 17.5 Å². The summed E-state index contributed by atoms with van der Waals surface area (Å²) in [4.78, 5) is 13.7. The molecule has 1 amide bonds. The second-order valence-corrected chi connectivity index (χ2v) is 10.5. The van der Waals surface area contributed by atoms with Gasteiger partial charge < -0.3 is 5.32 Å². The van der Waals surface area contributed by atoms with Crippen LogP contribution < -0.4 is 5.32 Å². The van der Waals surface area contributed by atoms with E-state index in [4.69, 9.17) is 0 Å². The number of thioether (sulfide) groups is 1. The predicted molar refractivity (Wildman–Crippen MR) is 94.1 cm³/mol. The lowest BCUT2D eigenvalue weighted by molar-refractivity contribution is -0.120. The molecule has 1 aromatic rings. The van der Waals surface area contributed by atoms with E-state index in [1.807, 2.05) is 17.8 Å². The van der Waals surface area contributed by atoms with Gasteiger partial charge in [-0.25, -0.2) is 0 Å². The smallest absolute Gasteiger partial charge is 0.233 e. The normalized spacial score (nSPS) is 37.2. The van der Waals surface area contributed by atoms with Crippen LogP contribution in [0.3, 0.4) is 0 Å². The average molecular weight is 336 g/mol. The molecule has 1 aromatic heterocycles. The van der Waals surface area contributed by atoms with Crippen molar-refractivity contribution in [2.45, 2.75) is 62.0 Å². The number of carbonyl (C=O) groups excluding carboxylic acids is 1. The van der Waals surface area contributed by atoms with Crippen molar-refractivity contribution in [2.75, 3.05) is 0 Å². The molecule has 5 rings (SSSR count). The molecule has 0 aromatic carbocycles. The summed E-state index contributed by atoms with van der Waals surface area (Å²) < 4.78 is 0.425. The molecule has 0 spiro atoms. The molecule has 4 aliphatic rings. The second kappa shape index (κ2) is 5.86. The molecule has 2 nitrogen and oxygen atoms in total. The van der Waals surface area contributed by atoms with Crippen molar-refractivity contribution in [3.8, 4) is 0 Å². The van der Waals surface area contributed by atoms with Gasteiger partial charge in [0.1, 0.15) is 0 Å². The fourth-order valence-electron chi connectivity index (χ4n) is 5.34. The van der Waals surface area contributed by atoms with Crippen LogP contribution in [0.25, 0.3) is 0 Å². The minimum atomic E-state index is 0.0798. The molecule has 1 heterocycles. The molecular weight excluding hydrogens is 310 g/mol. The Balaban J connectivity index is 1.35. The van der Waals surface area contributed by atoms with E-state index in [1.165, 1.54) is 43.4 Å². The SMILES string of the molecule is C[C@H](SC12CC3CC(CC(C3)C1)C2)C(=O)NCc1cccs1. The Morgan fingerprint density at radius 1 is 1.32 bits per heavy atom. The Morgan fingerprint density at radius 2 is 1.95 bits per heavy atom. The zero-order valence-electron chi connectivity index (χ0n) is 13.2. The number of carbonyl (C=O) groups is 1. The van der Waals surface area contributed by atoms with Crippen LogP contribution in [0.4, 0.5) is 0 Å². The molecule has 4 fully saturated rings. The van der Waals surface area contributed by atoms with Crippen molar-refractivity contribution in [1.29, 1.82) is 0 Å². The summed E-state index contributed by atoms with van der Waals surface area (Å²) in [7, 11) is 0. The van der Waals surface area contributed by atoms with Gasteiger partial charge in [-0.15, -0.1) is 23.1 Å². The van der Waals surface area contributed by atoms with Crippen molar-refractivity contribution in [2.24, 2.45) is 17.8 Å². The zero-order valence-corrected chi connectivity index (χ0v) is 14.8. The molecule has 22 heavy (non-hydrogen) atoms. The van der Waals surface area contributed by atoms with Gasteiger partial charge in [0.25, 0.3) is 0 Å². The zero-order chi connectivity index (χ0) is 15.2. The minimum absolute atomic E-state index is 0.0798. The fourth-order valence-corrected chi connectivity index (χ4v) is 7.92. The molecule has 4 saturated carbocycles. The van der Waals surface area contributed by atoms with Crippen LogP contribution in [0, 0.1) is 17.8 Å². The Labute approximate surface area is 141 Å². The number of nitrogens with one attached hydrogen (secondary N) is 1. The minimum Gasteiger partial charge on any atom is -0.350 e. The van der Waals surface area contributed by atoms with Gasteiger partial charge in [0.05, 0.1) is 11.8 Å². The molecule has 4 heteroatoms. The van der Waals surface area contributed by atoms with E-state index in [-0.39, 0.29) is 11.2 Å². The van der Waals surface area contributed by atoms with Crippen LogP contribution in [-0.4, -0.2) is 15.9 Å². The molecule has 120 valence electrons. The predicted octanol–water partition coefficient (Wildman–Crippen LogP) is 4.45. The average Bonchev–Trinajstić information content (AvgIpc) is 2.95. The van der Waals surface area contributed by atoms with Gasteiger partial charge in [-0.1, -0.05) is 6.07 Å². The van der Waals surface area contributed by atoms with Gasteiger partial charge >= 0.3 is 0 Å². The Kier molecular flexibility index (Phi) is 4.02. The van der Waals surface area contributed by atoms with Gasteiger partial charge in [0.2, 0.25) is 5.91 Å². The summed E-state index contributed by atoms with van der Waals surface area (Å²) >= 11 is 3.70. The number of rotatable bonds is 5. The Morgan fingerprint density at radius 3 is 2.50 bits per heavy atom. The summed E-state index contributed by atoms with van der Waals surface area (Å²) in [6.45, 7) is 2.79. The lowest BCUT2D eigenvalue weighted by Gasteiger charge is -2.57. The highest BCUT2D eigenvalue weighted by Crippen LogP contribution is 2.61. The van der Waals surface area contributed by atoms with Crippen molar-refractivity contribution < 1.29 is 4.79 Å². The van der Waals surface area contributed by atoms with Gasteiger partial charge in [0.15, 0.2) is 0 Å². The van der Waals surface area contributed by atoms with Gasteiger partial charge in [0, 0.05) is 9.62 Å². The third-order valence-corrected chi connectivity index (χ3v) is 8.24. The van der Waals surface area contributed by atoms with Crippen molar-refractivity contribution in [3.05, 3.63) is 22.4 Å². The lowest BCUT2D eigenvalue weighted by Crippen LogP contribution is -2.50. The quantitative estimate of drug-likeness (QED) is 0.861. The van der Waals surface area contributed by atoms with E-state index in [9.17, 15) is 4.79 Å². The molecule has 0 radical (unpaired) electrons. The fraction of sp³-hybridized carbons (Fsp3) is 0.722. The van der Waals surface area contributed by atoms with Crippen molar-refractivity contribution >= 4 is 29.0 Å². The summed E-state index contributed by atoms with van der Waals surface area (Å²) in [5.74, 6) is 3.09. The lowest BCUT2D eigenvalue weighted by atomic mass is 9.56. The molecule has 1 atom stereocenters. The largest absolute Gasteiger partial charge is 0.350 e. The highest BCUT2D eigenvalue weighted by molar-refractivity contribution is 8.01. The van der Waals surface area contributed by atoms with Crippen molar-refractivity contribution in [3.63, 3.8) is 0 Å². The monoisotopic (exact) mass is 335 g/mol. The van der Waals surface area contributed by atoms with E-state index in [0.29, 0.717) is 11.3 Å². The standard InChI is InChI=1S/C18H25NOS2/c1-12(17(20)19-11-16-3-2-4-21-16)22-18-8-13-5-14(9-18)7-15(6-13)10-18/h2-4,12-15H,5-11H2,1H3,(H,19,20)/t12-,13?,14?,15?,18?/m0/s1. The van der Waals surface area contributed by atoms with E-state index < -0.39 is 0 Å². The maximum atomic E-state index is 12.4. The maximum absolute atomic E-state index is 12.4. The van der Waals surface area contributed by atoms with Crippen LogP contribution in [-0.2, 0) is 11.3 Å². The summed E-state index contributed by atoms with van der Waals surface area (Å²) in [6.07, 6.45) is 8.51. The molecule has 0 unspecified atom stereocenters. The van der Waals surface area contributed by atoms with Gasteiger partial charge in [-0.3, -0.25) is 4.79 Å². The Hall–Kier alpha value is -0.480. The molecule has 0 saturated heterocycles. The van der Waals surface area contributed by atoms with E-state index in [2.05, 4.69) is 23.7 Å². The molecule has 1 N–H and O–H groups in total. The first kappa shape index (κ1) is 15.1. The van der Waals surface area contributed by atoms with Crippen LogP contribution in [0.1, 0.15) is 50.3 Å². The first-order valence-electron chi connectivity index (χ1n) is 8.60. The number of hydrogen-bond donors (Lipinski definition) is 1. The van der Waals surface area contributed by atoms with Crippen molar-refractivity contribution in [1.82, 2.24) is 5.32 Å². The van der Waals surface area contributed by atoms with Gasteiger partial charge in [-0.2, -0.15) is 0 Å². The van der Waals surface area contributed by atoms with E-state index >= 15 is 0 Å². The van der Waals surface area contributed by atoms with Gasteiger partial charge in [-0.05, 0) is 74.6 Å². The molecule has 0 aliphatic heterocycles. The topological polar surface area (TPSA) is 29.1 Å². The van der Waals surface area contributed by atoms with Crippen LogP contribution in [0.5, 0.6) is 0 Å². The van der Waals surface area contributed by atoms with E-state index in [1.54, 1.807) is 11.3 Å². The first-order chi connectivity index (χ1) is 10.6. The second-order valence-electron chi connectivity index (χ2n) is 7.66. The molecular formula is C18H25NOS2. The Bertz CT molecular complexity index is 504. The highest BCUT2D eigenvalue weighted by Gasteiger charge is 2.52. The first-order valence-corrected chi connectivity index (χ1v) is 10.4. The third-order valence-electron chi connectivity index (χ3n) is 5.80. The number of thiophene rings is 1. The number of hydrogen-bond acceptors (Lipinski definition) is 3.